The van der Waals surface area contributed by atoms with Crippen LogP contribution in [0.1, 0.15) is 89.5 Å². The van der Waals surface area contributed by atoms with E-state index in [1.807, 2.05) is 24.3 Å². The predicted octanol–water partition coefficient (Wildman–Crippen LogP) is 6.58. The van der Waals surface area contributed by atoms with Crippen molar-refractivity contribution < 1.29 is 17.5 Å². The van der Waals surface area contributed by atoms with Crippen molar-refractivity contribution in [3.8, 4) is 0 Å². The normalized spacial score (nSPS) is 32.5. The average Bonchev–Trinajstić information content (AvgIpc) is 3.99. The zero-order valence-corrected chi connectivity index (χ0v) is 30.8. The van der Waals surface area contributed by atoms with Crippen molar-refractivity contribution in [3.63, 3.8) is 0 Å². The lowest BCUT2D eigenvalue weighted by atomic mass is 9.51. The Kier molecular flexibility index (Phi) is 9.53. The molecule has 0 bridgehead atoms. The third kappa shape index (κ3) is 5.53. The maximum absolute atomic E-state index is 15.4. The Morgan fingerprint density at radius 2 is 1.44 bits per heavy atom. The van der Waals surface area contributed by atoms with Crippen LogP contribution < -0.4 is 4.90 Å². The molecule has 50 heavy (non-hydrogen) atoms. The first-order valence-electron chi connectivity index (χ1n) is 19.6. The van der Waals surface area contributed by atoms with Gasteiger partial charge in [0.25, 0.3) is 0 Å². The van der Waals surface area contributed by atoms with Crippen LogP contribution in [0.3, 0.4) is 0 Å². The Labute approximate surface area is 299 Å². The number of ether oxygens (including phenoxy) is 1. The molecule has 0 spiro atoms. The van der Waals surface area contributed by atoms with E-state index in [9.17, 15) is 4.39 Å². The van der Waals surface area contributed by atoms with Gasteiger partial charge in [0.2, 0.25) is 0 Å². The van der Waals surface area contributed by atoms with Crippen LogP contribution in [0.5, 0.6) is 0 Å². The maximum Gasteiger partial charge on any atom is 0.198 e. The van der Waals surface area contributed by atoms with Gasteiger partial charge in [0.1, 0.15) is 16.5 Å². The van der Waals surface area contributed by atoms with Gasteiger partial charge in [0.05, 0.1) is 17.0 Å². The first-order chi connectivity index (χ1) is 24.3. The summed E-state index contributed by atoms with van der Waals surface area (Å²) in [4.78, 5) is 13.9. The Hall–Kier alpha value is -2.53. The minimum absolute atomic E-state index is 0.104. The molecule has 8 nitrogen and oxygen atoms in total. The molecule has 5 heterocycles. The van der Waals surface area contributed by atoms with Crippen LogP contribution in [0.15, 0.2) is 59.3 Å². The second kappa shape index (κ2) is 13.8. The zero-order chi connectivity index (χ0) is 34.4. The molecule has 8 rings (SSSR count). The summed E-state index contributed by atoms with van der Waals surface area (Å²) in [5.74, 6) is 0.752. The summed E-state index contributed by atoms with van der Waals surface area (Å²) in [5.41, 5.74) is 1.58. The second-order valence-corrected chi connectivity index (χ2v) is 18.2. The number of hydrogen-bond donors (Lipinski definition) is 0. The quantitative estimate of drug-likeness (QED) is 0.275. The van der Waals surface area contributed by atoms with Crippen LogP contribution in [-0.2, 0) is 20.1 Å². The van der Waals surface area contributed by atoms with Crippen LogP contribution in [0, 0.1) is 17.2 Å². The highest BCUT2D eigenvalue weighted by molar-refractivity contribution is 7.92. The predicted molar refractivity (Wildman–Crippen MR) is 195 cm³/mol. The zero-order valence-electron chi connectivity index (χ0n) is 30.0. The molecule has 1 saturated carbocycles. The van der Waals surface area contributed by atoms with Crippen LogP contribution in [0.25, 0.3) is 0 Å². The lowest BCUT2D eigenvalue weighted by Gasteiger charge is -2.64. The topological polar surface area (TPSA) is 69.2 Å². The third-order valence-corrected chi connectivity index (χ3v) is 15.8. The number of fused-ring (bicyclic) bond motifs is 1. The molecule has 1 aromatic heterocycles. The molecule has 1 aromatic carbocycles. The summed E-state index contributed by atoms with van der Waals surface area (Å²) in [7, 11) is -3.82. The Morgan fingerprint density at radius 1 is 0.820 bits per heavy atom. The standard InChI is InChI=1S/C40H56FN5O3S/c1-2-49-31-38-19-18-36(43-21-3-4-22-43)40(46-27-9-10-28-46,32-11-13-33(41)14-12-32)35(38)17-20-39(30-38,45-25-7-8-26-45)50(47,48)34-15-16-37(42-29-34)44-23-5-6-24-44/h11-16,18,29,35H,2-10,17,19-28,30-31H2,1H3/t35?,38?,39?,40-/m0/s1. The van der Waals surface area contributed by atoms with Gasteiger partial charge < -0.3 is 14.5 Å². The lowest BCUT2D eigenvalue weighted by molar-refractivity contribution is -0.117. The molecular weight excluding hydrogens is 650 g/mol. The largest absolute Gasteiger partial charge is 0.381 e. The van der Waals surface area contributed by atoms with E-state index in [4.69, 9.17) is 9.72 Å². The van der Waals surface area contributed by atoms with E-state index >= 15 is 8.42 Å². The van der Waals surface area contributed by atoms with E-state index in [0.29, 0.717) is 31.0 Å². The van der Waals surface area contributed by atoms with Crippen molar-refractivity contribution in [1.82, 2.24) is 19.7 Å². The number of rotatable bonds is 10. The highest BCUT2D eigenvalue weighted by Gasteiger charge is 2.67. The van der Waals surface area contributed by atoms with E-state index in [1.165, 1.54) is 18.5 Å². The van der Waals surface area contributed by atoms with Crippen molar-refractivity contribution >= 4 is 15.7 Å². The van der Waals surface area contributed by atoms with Crippen molar-refractivity contribution in [2.24, 2.45) is 11.3 Å². The second-order valence-electron chi connectivity index (χ2n) is 15.9. The first kappa shape index (κ1) is 34.6. The highest BCUT2D eigenvalue weighted by atomic mass is 32.2. The molecule has 0 amide bonds. The summed E-state index contributed by atoms with van der Waals surface area (Å²) in [5, 5.41) is 0. The van der Waals surface area contributed by atoms with E-state index in [-0.39, 0.29) is 11.7 Å². The fourth-order valence-corrected chi connectivity index (χ4v) is 13.4. The smallest absolute Gasteiger partial charge is 0.198 e. The minimum Gasteiger partial charge on any atom is -0.381 e. The van der Waals surface area contributed by atoms with Gasteiger partial charge in [-0.1, -0.05) is 18.2 Å². The van der Waals surface area contributed by atoms with E-state index in [1.54, 1.807) is 18.3 Å². The molecule has 272 valence electrons. The number of pyridine rings is 1. The molecule has 3 unspecified atom stereocenters. The fraction of sp³-hybridized carbons (Fsp3) is 0.675. The molecule has 0 N–H and O–H groups in total. The Morgan fingerprint density at radius 3 is 2.06 bits per heavy atom. The van der Waals surface area contributed by atoms with Crippen molar-refractivity contribution in [3.05, 3.63) is 65.7 Å². The summed E-state index contributed by atoms with van der Waals surface area (Å²) < 4.78 is 52.0. The van der Waals surface area contributed by atoms with Crippen molar-refractivity contribution in [1.29, 1.82) is 0 Å². The molecular formula is C40H56FN5O3S. The van der Waals surface area contributed by atoms with Gasteiger partial charge in [-0.05, 0) is 146 Å². The molecule has 6 aliphatic rings. The number of sulfone groups is 1. The molecule has 4 aliphatic heterocycles. The minimum atomic E-state index is -3.82. The van der Waals surface area contributed by atoms with Gasteiger partial charge in [-0.15, -0.1) is 0 Å². The van der Waals surface area contributed by atoms with Crippen LogP contribution in [0.4, 0.5) is 10.2 Å². The average molecular weight is 706 g/mol. The SMILES string of the molecule is CCOCC12CC=C(N3CCCC3)[C@@](c3ccc(F)cc3)(N3CCCC3)C1CCC(N1CCCC1)(S(=O)(=O)c1ccc(N3CCCC3)nc1)C2. The van der Waals surface area contributed by atoms with Gasteiger partial charge in [-0.2, -0.15) is 0 Å². The molecule has 2 aliphatic carbocycles. The monoisotopic (exact) mass is 705 g/mol. The summed E-state index contributed by atoms with van der Waals surface area (Å²) in [6.45, 7) is 10.7. The molecule has 10 heteroatoms. The number of hydrogen-bond acceptors (Lipinski definition) is 8. The summed E-state index contributed by atoms with van der Waals surface area (Å²) in [6.07, 6.45) is 15.6. The number of halogens is 1. The number of allylic oxidation sites excluding steroid dienone is 1. The van der Waals surface area contributed by atoms with E-state index in [2.05, 4.69) is 32.6 Å². The number of nitrogens with zero attached hydrogens (tertiary/aromatic N) is 5. The molecule has 4 saturated heterocycles. The molecule has 2 aromatic rings. The number of benzene rings is 1. The Balaban J connectivity index is 1.28. The Bertz CT molecular complexity index is 1630. The maximum atomic E-state index is 15.4. The van der Waals surface area contributed by atoms with Crippen LogP contribution in [-0.4, -0.2) is 98.5 Å². The summed E-state index contributed by atoms with van der Waals surface area (Å²) >= 11 is 0. The lowest BCUT2D eigenvalue weighted by Crippen LogP contribution is -2.68. The number of aromatic nitrogens is 1. The van der Waals surface area contributed by atoms with Gasteiger partial charge >= 0.3 is 0 Å². The van der Waals surface area contributed by atoms with Gasteiger partial charge in [0.15, 0.2) is 9.84 Å². The van der Waals surface area contributed by atoms with Crippen LogP contribution in [0.2, 0.25) is 0 Å². The number of likely N-dealkylation sites (tertiary alicyclic amines) is 3. The number of anilines is 1. The fourth-order valence-electron chi connectivity index (χ4n) is 11.1. The van der Waals surface area contributed by atoms with Crippen molar-refractivity contribution in [2.75, 3.05) is 70.5 Å². The van der Waals surface area contributed by atoms with Crippen LogP contribution >= 0.6 is 0 Å². The summed E-state index contributed by atoms with van der Waals surface area (Å²) in [6, 6.07) is 11.1. The highest BCUT2D eigenvalue weighted by Crippen LogP contribution is 2.65. The van der Waals surface area contributed by atoms with Crippen molar-refractivity contribution in [2.45, 2.75) is 99.3 Å². The van der Waals surface area contributed by atoms with E-state index < -0.39 is 25.7 Å². The van der Waals surface area contributed by atoms with Gasteiger partial charge in [-0.25, -0.2) is 17.8 Å². The van der Waals surface area contributed by atoms with Gasteiger partial charge in [0, 0.05) is 50.1 Å². The van der Waals surface area contributed by atoms with Gasteiger partial charge in [-0.3, -0.25) is 9.80 Å². The third-order valence-electron chi connectivity index (χ3n) is 13.4. The first-order valence-corrected chi connectivity index (χ1v) is 21.1. The van der Waals surface area contributed by atoms with E-state index in [0.717, 1.165) is 115 Å². The molecule has 0 radical (unpaired) electrons. The molecule has 4 atom stereocenters. The molecule has 5 fully saturated rings.